The minimum atomic E-state index is -0.613. The zero-order chi connectivity index (χ0) is 19.7. The zero-order valence-corrected chi connectivity index (χ0v) is 15.9. The number of amides is 1. The lowest BCUT2D eigenvalue weighted by Gasteiger charge is -2.31. The van der Waals surface area contributed by atoms with E-state index in [0.29, 0.717) is 0 Å². The number of benzene rings is 3. The quantitative estimate of drug-likeness (QED) is 0.713. The van der Waals surface area contributed by atoms with E-state index >= 15 is 0 Å². The number of rotatable bonds is 5. The van der Waals surface area contributed by atoms with E-state index in [2.05, 4.69) is 18.2 Å². The van der Waals surface area contributed by atoms with Gasteiger partial charge in [-0.25, -0.2) is 4.79 Å². The molecule has 1 amide bonds. The molecule has 0 aliphatic carbocycles. The van der Waals surface area contributed by atoms with Gasteiger partial charge in [-0.3, -0.25) is 4.90 Å². The molecule has 4 rings (SSSR count). The third-order valence-electron chi connectivity index (χ3n) is 5.44. The number of aliphatic hydroxyl groups is 1. The van der Waals surface area contributed by atoms with Crippen molar-refractivity contribution in [2.75, 3.05) is 13.7 Å². The maximum Gasteiger partial charge on any atom is 0.411 e. The molecule has 0 saturated carbocycles. The highest BCUT2D eigenvalue weighted by atomic mass is 16.6. The van der Waals surface area contributed by atoms with Gasteiger partial charge in [0.15, 0.2) is 6.10 Å². The highest BCUT2D eigenvalue weighted by molar-refractivity contribution is 5.86. The molecule has 0 bridgehead atoms. The first-order valence-electron chi connectivity index (χ1n) is 9.35. The van der Waals surface area contributed by atoms with E-state index in [-0.39, 0.29) is 18.7 Å². The van der Waals surface area contributed by atoms with Gasteiger partial charge in [0.25, 0.3) is 0 Å². The summed E-state index contributed by atoms with van der Waals surface area (Å²) >= 11 is 0. The Balaban J connectivity index is 1.77. The van der Waals surface area contributed by atoms with Crippen LogP contribution >= 0.6 is 0 Å². The van der Waals surface area contributed by atoms with Crippen molar-refractivity contribution in [3.63, 3.8) is 0 Å². The molecule has 1 aliphatic heterocycles. The van der Waals surface area contributed by atoms with Crippen LogP contribution in [-0.4, -0.2) is 35.9 Å². The average Bonchev–Trinajstić information content (AvgIpc) is 3.09. The van der Waals surface area contributed by atoms with E-state index in [1.54, 1.807) is 12.0 Å². The van der Waals surface area contributed by atoms with E-state index in [4.69, 9.17) is 9.47 Å². The van der Waals surface area contributed by atoms with Crippen LogP contribution < -0.4 is 4.74 Å². The molecular weight excluding hydrogens is 354 g/mol. The van der Waals surface area contributed by atoms with Gasteiger partial charge in [-0.2, -0.15) is 0 Å². The van der Waals surface area contributed by atoms with Crippen molar-refractivity contribution in [2.24, 2.45) is 0 Å². The molecule has 1 saturated heterocycles. The van der Waals surface area contributed by atoms with E-state index in [0.717, 1.165) is 27.6 Å². The molecule has 1 fully saturated rings. The second-order valence-corrected chi connectivity index (χ2v) is 6.97. The van der Waals surface area contributed by atoms with Gasteiger partial charge in [-0.15, -0.1) is 0 Å². The summed E-state index contributed by atoms with van der Waals surface area (Å²) in [7, 11) is 1.61. The SMILES string of the molecule is COc1ccc([C@@H]2[C@H](CO)OC(=O)N2[C@H](C)c2cccc3ccccc23)cc1. The first kappa shape index (κ1) is 18.3. The number of aliphatic hydroxyl groups excluding tert-OH is 1. The van der Waals surface area contributed by atoms with Crippen LogP contribution in [0.3, 0.4) is 0 Å². The van der Waals surface area contributed by atoms with Crippen LogP contribution in [0, 0.1) is 0 Å². The number of cyclic esters (lactones) is 1. The van der Waals surface area contributed by atoms with Crippen molar-refractivity contribution in [1.29, 1.82) is 0 Å². The summed E-state index contributed by atoms with van der Waals surface area (Å²) in [6.45, 7) is 1.76. The molecule has 3 aromatic rings. The van der Waals surface area contributed by atoms with Gasteiger partial charge in [-0.1, -0.05) is 54.6 Å². The van der Waals surface area contributed by atoms with Crippen LogP contribution in [0.15, 0.2) is 66.7 Å². The number of hydrogen-bond donors (Lipinski definition) is 1. The lowest BCUT2D eigenvalue weighted by molar-refractivity contribution is 0.0825. The molecule has 0 spiro atoms. The molecule has 5 heteroatoms. The number of carbonyl (C=O) groups is 1. The second kappa shape index (κ2) is 7.52. The Morgan fingerprint density at radius 3 is 2.50 bits per heavy atom. The Hall–Kier alpha value is -3.05. The summed E-state index contributed by atoms with van der Waals surface area (Å²) in [5.41, 5.74) is 1.95. The minimum Gasteiger partial charge on any atom is -0.497 e. The van der Waals surface area contributed by atoms with Crippen LogP contribution in [0.4, 0.5) is 4.79 Å². The molecule has 1 aliphatic rings. The van der Waals surface area contributed by atoms with E-state index in [1.807, 2.05) is 55.5 Å². The van der Waals surface area contributed by atoms with Gasteiger partial charge < -0.3 is 14.6 Å². The minimum absolute atomic E-state index is 0.220. The van der Waals surface area contributed by atoms with Crippen molar-refractivity contribution < 1.29 is 19.4 Å². The molecule has 144 valence electrons. The van der Waals surface area contributed by atoms with Gasteiger partial charge in [0, 0.05) is 0 Å². The molecular formula is C23H23NO4. The van der Waals surface area contributed by atoms with Crippen LogP contribution in [0.25, 0.3) is 10.8 Å². The first-order valence-corrected chi connectivity index (χ1v) is 9.35. The molecule has 1 N–H and O–H groups in total. The van der Waals surface area contributed by atoms with Crippen molar-refractivity contribution >= 4 is 16.9 Å². The summed E-state index contributed by atoms with van der Waals surface area (Å²) in [4.78, 5) is 14.5. The van der Waals surface area contributed by atoms with Crippen molar-refractivity contribution in [2.45, 2.75) is 25.1 Å². The first-order chi connectivity index (χ1) is 13.6. The third kappa shape index (κ3) is 3.08. The van der Waals surface area contributed by atoms with Gasteiger partial charge >= 0.3 is 6.09 Å². The third-order valence-corrected chi connectivity index (χ3v) is 5.44. The highest BCUT2D eigenvalue weighted by Gasteiger charge is 2.45. The van der Waals surface area contributed by atoms with Crippen LogP contribution in [0.5, 0.6) is 5.75 Å². The van der Waals surface area contributed by atoms with Crippen molar-refractivity contribution in [3.8, 4) is 5.75 Å². The maximum atomic E-state index is 12.8. The molecule has 1 heterocycles. The fourth-order valence-corrected chi connectivity index (χ4v) is 4.02. The average molecular weight is 377 g/mol. The standard InChI is InChI=1S/C23H23NO4/c1-15(19-9-5-7-16-6-3-4-8-20(16)19)24-22(21(14-25)28-23(24)26)17-10-12-18(27-2)13-11-17/h3-13,15,21-22,25H,14H2,1-2H3/t15-,21+,22-/m1/s1. The summed E-state index contributed by atoms with van der Waals surface area (Å²) in [5, 5.41) is 12.1. The van der Waals surface area contributed by atoms with Gasteiger partial charge in [0.2, 0.25) is 0 Å². The van der Waals surface area contributed by atoms with Gasteiger partial charge in [-0.05, 0) is 41.0 Å². The zero-order valence-electron chi connectivity index (χ0n) is 15.9. The summed E-state index contributed by atoms with van der Waals surface area (Å²) in [5.74, 6) is 0.739. The normalized spacial score (nSPS) is 20.2. The van der Waals surface area contributed by atoms with Gasteiger partial charge in [0.05, 0.1) is 19.8 Å². The van der Waals surface area contributed by atoms with Crippen LogP contribution in [0.1, 0.15) is 30.1 Å². The molecule has 5 nitrogen and oxygen atoms in total. The fraction of sp³-hybridized carbons (Fsp3) is 0.261. The molecule has 3 aromatic carbocycles. The lowest BCUT2D eigenvalue weighted by atomic mass is 9.95. The number of hydrogen-bond acceptors (Lipinski definition) is 4. The predicted molar refractivity (Wildman–Crippen MR) is 107 cm³/mol. The molecule has 0 unspecified atom stereocenters. The monoisotopic (exact) mass is 377 g/mol. The van der Waals surface area contributed by atoms with E-state index in [1.165, 1.54) is 0 Å². The smallest absolute Gasteiger partial charge is 0.411 e. The summed E-state index contributed by atoms with van der Waals surface area (Å²) in [6, 6.07) is 21.2. The van der Waals surface area contributed by atoms with Crippen molar-refractivity contribution in [3.05, 3.63) is 77.9 Å². The topological polar surface area (TPSA) is 59.0 Å². The Labute approximate surface area is 164 Å². The molecule has 3 atom stereocenters. The lowest BCUT2D eigenvalue weighted by Crippen LogP contribution is -2.33. The molecule has 0 radical (unpaired) electrons. The van der Waals surface area contributed by atoms with Gasteiger partial charge in [0.1, 0.15) is 11.8 Å². The number of nitrogens with zero attached hydrogens (tertiary/aromatic N) is 1. The predicted octanol–water partition coefficient (Wildman–Crippen LogP) is 4.46. The summed E-state index contributed by atoms with van der Waals surface area (Å²) in [6.07, 6.45) is -1.03. The summed E-state index contributed by atoms with van der Waals surface area (Å²) < 4.78 is 10.7. The van der Waals surface area contributed by atoms with Crippen LogP contribution in [0.2, 0.25) is 0 Å². The highest BCUT2D eigenvalue weighted by Crippen LogP contribution is 2.41. The van der Waals surface area contributed by atoms with Crippen molar-refractivity contribution in [1.82, 2.24) is 4.90 Å². The number of fused-ring (bicyclic) bond motifs is 1. The fourth-order valence-electron chi connectivity index (χ4n) is 4.02. The number of carbonyl (C=O) groups excluding carboxylic acids is 1. The Kier molecular flexibility index (Phi) is 4.92. The Morgan fingerprint density at radius 1 is 1.07 bits per heavy atom. The van der Waals surface area contributed by atoms with E-state index in [9.17, 15) is 9.90 Å². The second-order valence-electron chi connectivity index (χ2n) is 6.97. The maximum absolute atomic E-state index is 12.8. The molecule has 0 aromatic heterocycles. The number of methoxy groups -OCH3 is 1. The van der Waals surface area contributed by atoms with E-state index < -0.39 is 12.2 Å². The number of ether oxygens (including phenoxy) is 2. The largest absolute Gasteiger partial charge is 0.497 e. The molecule has 28 heavy (non-hydrogen) atoms. The van der Waals surface area contributed by atoms with Crippen LogP contribution in [-0.2, 0) is 4.74 Å². The Morgan fingerprint density at radius 2 is 1.79 bits per heavy atom. The Bertz CT molecular complexity index is 980.